The predicted octanol–water partition coefficient (Wildman–Crippen LogP) is 8.66. The molecular weight excluding hydrogens is 788 g/mol. The Kier molecular flexibility index (Phi) is 12.4. The van der Waals surface area contributed by atoms with Crippen LogP contribution in [0.4, 0.5) is 0 Å². The van der Waals surface area contributed by atoms with Gasteiger partial charge in [-0.3, -0.25) is 14.4 Å². The third kappa shape index (κ3) is 8.02. The van der Waals surface area contributed by atoms with Gasteiger partial charge in [-0.2, -0.15) is 0 Å². The zero-order chi connectivity index (χ0) is 38.1. The highest BCUT2D eigenvalue weighted by Gasteiger charge is 2.50. The molecule has 1 N–H and O–H groups in total. The van der Waals surface area contributed by atoms with Crippen molar-refractivity contribution in [1.82, 2.24) is 9.80 Å². The van der Waals surface area contributed by atoms with Gasteiger partial charge in [0.15, 0.2) is 5.78 Å². The molecule has 2 aliphatic rings. The highest BCUT2D eigenvalue weighted by molar-refractivity contribution is 9.10. The number of fused-ring (bicyclic) bond motifs is 2. The Hall–Kier alpha value is -3.15. The summed E-state index contributed by atoms with van der Waals surface area (Å²) in [6.07, 6.45) is -0.821. The number of rotatable bonds is 8. The number of halogens is 2. The van der Waals surface area contributed by atoms with Crippen LogP contribution in [0.25, 0.3) is 21.5 Å². The summed E-state index contributed by atoms with van der Waals surface area (Å²) in [5.41, 5.74) is -0.123. The van der Waals surface area contributed by atoms with Crippen molar-refractivity contribution in [3.05, 3.63) is 96.1 Å². The molecular formula is C42H50Br2N2O6. The molecule has 6 rings (SSSR count). The molecule has 0 aliphatic carbocycles. The average Bonchev–Trinajstić information content (AvgIpc) is 3.63. The van der Waals surface area contributed by atoms with Crippen molar-refractivity contribution in [2.24, 2.45) is 11.8 Å². The van der Waals surface area contributed by atoms with Crippen molar-refractivity contribution in [2.45, 2.75) is 94.7 Å². The molecule has 0 saturated carbocycles. The number of aliphatic hydroxyl groups excluding tert-OH is 1. The Bertz CT molecular complexity index is 1920. The summed E-state index contributed by atoms with van der Waals surface area (Å²) in [7, 11) is 0. The molecule has 8 nitrogen and oxygen atoms in total. The molecule has 52 heavy (non-hydrogen) atoms. The van der Waals surface area contributed by atoms with E-state index in [1.165, 1.54) is 0 Å². The van der Waals surface area contributed by atoms with Crippen molar-refractivity contribution >= 4 is 71.0 Å². The number of nitrogens with zero attached hydrogens (tertiary/aromatic N) is 2. The Balaban J connectivity index is 0.000000201. The maximum absolute atomic E-state index is 13.4. The van der Waals surface area contributed by atoms with E-state index in [4.69, 9.17) is 9.47 Å². The topological polar surface area (TPSA) is 96.4 Å². The SMILES string of the molecule is CC(C)C(Br)C(=O)N1[C@@H](C(=O)c2cccc3ccccc23)COC1(C)C.CC(C)C(Br)C(=O)N1[C@@H](C(O)c2cccc3ccccc23)COC1(C)C. The number of carbonyl (C=O) groups is 3. The largest absolute Gasteiger partial charge is 0.386 e. The number of hydrogen-bond acceptors (Lipinski definition) is 6. The van der Waals surface area contributed by atoms with Crippen LogP contribution in [0.2, 0.25) is 0 Å². The van der Waals surface area contributed by atoms with E-state index in [0.717, 1.165) is 27.1 Å². The Labute approximate surface area is 324 Å². The van der Waals surface area contributed by atoms with E-state index in [0.29, 0.717) is 12.2 Å². The quantitative estimate of drug-likeness (QED) is 0.141. The van der Waals surface area contributed by atoms with E-state index in [1.54, 1.807) is 9.80 Å². The minimum Gasteiger partial charge on any atom is -0.386 e. The van der Waals surface area contributed by atoms with Crippen molar-refractivity contribution in [3.63, 3.8) is 0 Å². The number of alkyl halides is 2. The summed E-state index contributed by atoms with van der Waals surface area (Å²) in [4.78, 5) is 42.2. The van der Waals surface area contributed by atoms with Crippen molar-refractivity contribution in [1.29, 1.82) is 0 Å². The number of ether oxygens (including phenoxy) is 2. The summed E-state index contributed by atoms with van der Waals surface area (Å²) in [5.74, 6) is 0.0264. The first-order chi connectivity index (χ1) is 24.5. The average molecular weight is 839 g/mol. The van der Waals surface area contributed by atoms with Gasteiger partial charge in [0.05, 0.1) is 28.9 Å². The molecule has 3 unspecified atom stereocenters. The van der Waals surface area contributed by atoms with Gasteiger partial charge < -0.3 is 24.4 Å². The lowest BCUT2D eigenvalue weighted by molar-refractivity contribution is -0.148. The van der Waals surface area contributed by atoms with Crippen LogP contribution in [-0.2, 0) is 19.1 Å². The molecule has 0 aromatic heterocycles. The van der Waals surface area contributed by atoms with Crippen LogP contribution in [0, 0.1) is 11.8 Å². The third-order valence-corrected chi connectivity index (χ3v) is 12.9. The van der Waals surface area contributed by atoms with Gasteiger partial charge in [-0.1, -0.05) is 144 Å². The van der Waals surface area contributed by atoms with E-state index in [1.807, 2.05) is 140 Å². The molecule has 4 aromatic carbocycles. The number of benzene rings is 4. The number of ketones is 1. The number of carbonyl (C=O) groups excluding carboxylic acids is 3. The third-order valence-electron chi connectivity index (χ3n) is 9.99. The van der Waals surface area contributed by atoms with Crippen LogP contribution < -0.4 is 0 Å². The standard InChI is InChI=1S/C21H26BrNO3.C21H24BrNO3/c2*1-13(2)18(22)20(25)23-17(12-26-21(23,3)4)19(24)16-11-7-9-14-8-5-6-10-15(14)16/h5-11,13,17-19,24H,12H2,1-4H3;5-11,13,17-18H,12H2,1-4H3/t17-,18?,19?;17-,18?/m11/s1. The Morgan fingerprint density at radius 1 is 0.673 bits per heavy atom. The van der Waals surface area contributed by atoms with Gasteiger partial charge in [-0.15, -0.1) is 0 Å². The van der Waals surface area contributed by atoms with E-state index in [-0.39, 0.29) is 45.7 Å². The normalized spacial score (nSPS) is 21.2. The molecule has 5 atom stereocenters. The van der Waals surface area contributed by atoms with Crippen LogP contribution in [-0.4, -0.2) is 78.9 Å². The summed E-state index contributed by atoms with van der Waals surface area (Å²) in [6, 6.07) is 26.3. The number of aliphatic hydroxyl groups is 1. The number of amides is 2. The van der Waals surface area contributed by atoms with Gasteiger partial charge in [-0.05, 0) is 66.6 Å². The van der Waals surface area contributed by atoms with E-state index < -0.39 is 29.6 Å². The highest BCUT2D eigenvalue weighted by atomic mass is 79.9. The first kappa shape index (κ1) is 40.0. The maximum Gasteiger partial charge on any atom is 0.239 e. The van der Waals surface area contributed by atoms with Crippen LogP contribution in [0.3, 0.4) is 0 Å². The van der Waals surface area contributed by atoms with Crippen LogP contribution in [0.5, 0.6) is 0 Å². The molecule has 0 bridgehead atoms. The smallest absolute Gasteiger partial charge is 0.239 e. The van der Waals surface area contributed by atoms with Crippen molar-refractivity contribution in [2.75, 3.05) is 13.2 Å². The fourth-order valence-corrected chi connectivity index (χ4v) is 7.52. The van der Waals surface area contributed by atoms with E-state index >= 15 is 0 Å². The van der Waals surface area contributed by atoms with Crippen molar-refractivity contribution in [3.8, 4) is 0 Å². The lowest BCUT2D eigenvalue weighted by Crippen LogP contribution is -2.53. The minimum atomic E-state index is -0.821. The lowest BCUT2D eigenvalue weighted by atomic mass is 9.95. The fraction of sp³-hybridized carbons (Fsp3) is 0.452. The van der Waals surface area contributed by atoms with Gasteiger partial charge in [0.2, 0.25) is 11.8 Å². The molecule has 0 spiro atoms. The monoisotopic (exact) mass is 836 g/mol. The molecule has 2 fully saturated rings. The van der Waals surface area contributed by atoms with Gasteiger partial charge in [0.1, 0.15) is 23.6 Å². The molecule has 2 aliphatic heterocycles. The van der Waals surface area contributed by atoms with Gasteiger partial charge in [0, 0.05) is 5.56 Å². The minimum absolute atomic E-state index is 0.0493. The van der Waals surface area contributed by atoms with Gasteiger partial charge in [-0.25, -0.2) is 0 Å². The van der Waals surface area contributed by atoms with Crippen molar-refractivity contribution < 1.29 is 29.0 Å². The molecule has 2 amide bonds. The zero-order valence-corrected chi connectivity index (χ0v) is 34.3. The predicted molar refractivity (Wildman–Crippen MR) is 214 cm³/mol. The molecule has 2 saturated heterocycles. The summed E-state index contributed by atoms with van der Waals surface area (Å²) >= 11 is 7.00. The van der Waals surface area contributed by atoms with Crippen LogP contribution in [0.1, 0.15) is 77.4 Å². The van der Waals surface area contributed by atoms with Gasteiger partial charge in [0.25, 0.3) is 0 Å². The second-order valence-electron chi connectivity index (χ2n) is 15.2. The number of Topliss-reactive ketones (excluding diaryl/α,β-unsaturated/α-hetero) is 1. The molecule has 10 heteroatoms. The highest BCUT2D eigenvalue weighted by Crippen LogP contribution is 2.38. The van der Waals surface area contributed by atoms with Crippen LogP contribution >= 0.6 is 31.9 Å². The van der Waals surface area contributed by atoms with E-state index in [2.05, 4.69) is 31.9 Å². The second-order valence-corrected chi connectivity index (χ2v) is 17.2. The molecule has 278 valence electrons. The molecule has 4 aromatic rings. The van der Waals surface area contributed by atoms with E-state index in [9.17, 15) is 19.5 Å². The fourth-order valence-electron chi connectivity index (χ4n) is 7.08. The first-order valence-electron chi connectivity index (χ1n) is 17.9. The summed E-state index contributed by atoms with van der Waals surface area (Å²) < 4.78 is 11.7. The zero-order valence-electron chi connectivity index (χ0n) is 31.2. The Morgan fingerprint density at radius 2 is 1.13 bits per heavy atom. The molecule has 2 heterocycles. The summed E-state index contributed by atoms with van der Waals surface area (Å²) in [6.45, 7) is 15.9. The lowest BCUT2D eigenvalue weighted by Gasteiger charge is -2.37. The first-order valence-corrected chi connectivity index (χ1v) is 19.7. The summed E-state index contributed by atoms with van der Waals surface area (Å²) in [5, 5.41) is 15.2. The maximum atomic E-state index is 13.4. The Morgan fingerprint density at radius 3 is 1.73 bits per heavy atom. The second kappa shape index (κ2) is 16.1. The molecule has 0 radical (unpaired) electrons. The number of hydrogen-bond donors (Lipinski definition) is 1. The van der Waals surface area contributed by atoms with Gasteiger partial charge >= 0.3 is 0 Å². The van der Waals surface area contributed by atoms with Crippen LogP contribution in [0.15, 0.2) is 84.9 Å².